The van der Waals surface area contributed by atoms with Gasteiger partial charge in [0.2, 0.25) is 15.9 Å². The molecule has 1 aliphatic rings. The summed E-state index contributed by atoms with van der Waals surface area (Å²) in [5.74, 6) is -0.0836. The Bertz CT molecular complexity index is 1260. The van der Waals surface area contributed by atoms with Crippen LogP contribution < -0.4 is 4.72 Å². The Morgan fingerprint density at radius 2 is 1.90 bits per heavy atom. The highest BCUT2D eigenvalue weighted by molar-refractivity contribution is 7.92. The van der Waals surface area contributed by atoms with Crippen LogP contribution in [0.1, 0.15) is 36.9 Å². The molecule has 8 nitrogen and oxygen atoms in total. The molecule has 0 saturated carbocycles. The third-order valence-corrected chi connectivity index (χ3v) is 5.45. The van der Waals surface area contributed by atoms with Crippen LogP contribution in [-0.4, -0.2) is 41.3 Å². The van der Waals surface area contributed by atoms with Gasteiger partial charge < -0.3 is 0 Å². The summed E-state index contributed by atoms with van der Waals surface area (Å²) in [5, 5.41) is 6.11. The first-order valence-corrected chi connectivity index (χ1v) is 11.4. The molecule has 1 N–H and O–H groups in total. The first-order valence-electron chi connectivity index (χ1n) is 9.52. The first-order chi connectivity index (χ1) is 14.3. The monoisotopic (exact) mass is 423 g/mol. The number of aromatic nitrogens is 2. The van der Waals surface area contributed by atoms with E-state index in [1.807, 2.05) is 24.3 Å². The summed E-state index contributed by atoms with van der Waals surface area (Å²) < 4.78 is 25.6. The highest BCUT2D eigenvalue weighted by atomic mass is 32.2. The fourth-order valence-corrected chi connectivity index (χ4v) is 4.06. The van der Waals surface area contributed by atoms with E-state index < -0.39 is 10.0 Å². The number of hydrogen-bond acceptors (Lipinski definition) is 6. The molecule has 1 aromatic heterocycles. The lowest BCUT2D eigenvalue weighted by Gasteiger charge is -2.21. The van der Waals surface area contributed by atoms with Gasteiger partial charge >= 0.3 is 0 Å². The highest BCUT2D eigenvalue weighted by Crippen LogP contribution is 2.34. The number of anilines is 1. The molecule has 0 aliphatic carbocycles. The number of carbonyl (C=O) groups is 1. The van der Waals surface area contributed by atoms with Crippen molar-refractivity contribution < 1.29 is 13.2 Å². The molecule has 1 aliphatic heterocycles. The second-order valence-corrected chi connectivity index (χ2v) is 8.87. The predicted octanol–water partition coefficient (Wildman–Crippen LogP) is 3.09. The van der Waals surface area contributed by atoms with Gasteiger partial charge in [0.05, 0.1) is 29.0 Å². The first kappa shape index (κ1) is 20.0. The normalized spacial score (nSPS) is 16.5. The van der Waals surface area contributed by atoms with Crippen LogP contribution in [0.15, 0.2) is 60.0 Å². The average molecular weight is 423 g/mol. The molecule has 3 aromatic rings. The van der Waals surface area contributed by atoms with Crippen LogP contribution in [0, 0.1) is 0 Å². The van der Waals surface area contributed by atoms with Crippen molar-refractivity contribution in [1.29, 1.82) is 0 Å². The van der Waals surface area contributed by atoms with E-state index in [4.69, 9.17) is 0 Å². The zero-order valence-electron chi connectivity index (χ0n) is 16.6. The summed E-state index contributed by atoms with van der Waals surface area (Å²) in [7, 11) is -3.39. The molecule has 30 heavy (non-hydrogen) atoms. The minimum absolute atomic E-state index is 0.0836. The Balaban J connectivity index is 1.69. The molecule has 9 heteroatoms. The van der Waals surface area contributed by atoms with Gasteiger partial charge in [0.25, 0.3) is 0 Å². The van der Waals surface area contributed by atoms with Crippen molar-refractivity contribution in [3.8, 4) is 0 Å². The van der Waals surface area contributed by atoms with Crippen molar-refractivity contribution in [3.63, 3.8) is 0 Å². The summed E-state index contributed by atoms with van der Waals surface area (Å²) in [6.45, 7) is 1.80. The minimum atomic E-state index is -3.39. The lowest BCUT2D eigenvalue weighted by Crippen LogP contribution is -2.26. The fourth-order valence-electron chi connectivity index (χ4n) is 3.50. The summed E-state index contributed by atoms with van der Waals surface area (Å²) in [4.78, 5) is 21.2. The van der Waals surface area contributed by atoms with E-state index in [2.05, 4.69) is 19.8 Å². The number of nitrogens with one attached hydrogen (secondary N) is 1. The zero-order chi connectivity index (χ0) is 21.3. The standard InChI is InChI=1S/C21H21N5O3S/c1-3-21(27)26-20(15-7-8-17-19(12-15)23-10-9-22-17)13-18(24-26)14-5-4-6-16(11-14)25-30(2,28)29/h4-12,20,25H,3,13H2,1-2H3/t20-/m0/s1. The van der Waals surface area contributed by atoms with Crippen molar-refractivity contribution in [1.82, 2.24) is 15.0 Å². The molecule has 4 rings (SSSR count). The van der Waals surface area contributed by atoms with Crippen molar-refractivity contribution in [2.45, 2.75) is 25.8 Å². The fraction of sp³-hybridized carbons (Fsp3) is 0.238. The van der Waals surface area contributed by atoms with Crippen LogP contribution in [0.2, 0.25) is 0 Å². The Kier molecular flexibility index (Phi) is 5.21. The van der Waals surface area contributed by atoms with Crippen LogP contribution in [0.25, 0.3) is 11.0 Å². The van der Waals surface area contributed by atoms with Gasteiger partial charge in [0.15, 0.2) is 0 Å². The van der Waals surface area contributed by atoms with Crippen LogP contribution >= 0.6 is 0 Å². The van der Waals surface area contributed by atoms with E-state index in [9.17, 15) is 13.2 Å². The molecule has 1 amide bonds. The number of carbonyl (C=O) groups excluding carboxylic acids is 1. The number of amides is 1. The summed E-state index contributed by atoms with van der Waals surface area (Å²) in [6.07, 6.45) is 5.23. The maximum Gasteiger partial charge on any atom is 0.242 e. The van der Waals surface area contributed by atoms with E-state index in [0.29, 0.717) is 18.5 Å². The number of hydrogen-bond donors (Lipinski definition) is 1. The van der Waals surface area contributed by atoms with Gasteiger partial charge in [-0.2, -0.15) is 5.10 Å². The van der Waals surface area contributed by atoms with Gasteiger partial charge in [-0.1, -0.05) is 25.1 Å². The van der Waals surface area contributed by atoms with Gasteiger partial charge in [-0.15, -0.1) is 0 Å². The minimum Gasteiger partial charge on any atom is -0.284 e. The van der Waals surface area contributed by atoms with Crippen LogP contribution in [0.5, 0.6) is 0 Å². The van der Waals surface area contributed by atoms with E-state index in [0.717, 1.165) is 34.1 Å². The molecule has 0 spiro atoms. The third kappa shape index (κ3) is 4.16. The molecule has 154 valence electrons. The van der Waals surface area contributed by atoms with Crippen molar-refractivity contribution in [2.75, 3.05) is 11.0 Å². The van der Waals surface area contributed by atoms with Gasteiger partial charge in [0, 0.05) is 30.9 Å². The molecule has 0 saturated heterocycles. The van der Waals surface area contributed by atoms with Crippen LogP contribution in [0.4, 0.5) is 5.69 Å². The van der Waals surface area contributed by atoms with Crippen LogP contribution in [-0.2, 0) is 14.8 Å². The largest absolute Gasteiger partial charge is 0.284 e. The number of sulfonamides is 1. The lowest BCUT2D eigenvalue weighted by atomic mass is 9.97. The molecule has 2 heterocycles. The zero-order valence-corrected chi connectivity index (χ0v) is 17.4. The maximum absolute atomic E-state index is 12.6. The Morgan fingerprint density at radius 3 is 2.63 bits per heavy atom. The molecule has 0 fully saturated rings. The molecule has 0 bridgehead atoms. The van der Waals surface area contributed by atoms with E-state index in [1.165, 1.54) is 5.01 Å². The van der Waals surface area contributed by atoms with E-state index in [-0.39, 0.29) is 11.9 Å². The average Bonchev–Trinajstić information content (AvgIpc) is 3.17. The van der Waals surface area contributed by atoms with E-state index in [1.54, 1.807) is 37.5 Å². The van der Waals surface area contributed by atoms with Gasteiger partial charge in [-0.05, 0) is 35.4 Å². The third-order valence-electron chi connectivity index (χ3n) is 4.85. The van der Waals surface area contributed by atoms with Gasteiger partial charge in [-0.25, -0.2) is 13.4 Å². The van der Waals surface area contributed by atoms with Crippen molar-refractivity contribution in [3.05, 3.63) is 66.0 Å². The molecule has 0 unspecified atom stereocenters. The summed E-state index contributed by atoms with van der Waals surface area (Å²) in [5.41, 5.74) is 4.41. The quantitative estimate of drug-likeness (QED) is 0.679. The molecular formula is C21H21N5O3S. The number of nitrogens with zero attached hydrogens (tertiary/aromatic N) is 4. The summed E-state index contributed by atoms with van der Waals surface area (Å²) >= 11 is 0. The smallest absolute Gasteiger partial charge is 0.242 e. The van der Waals surface area contributed by atoms with Crippen LogP contribution in [0.3, 0.4) is 0 Å². The second kappa shape index (κ2) is 7.83. The van der Waals surface area contributed by atoms with Crippen molar-refractivity contribution >= 4 is 38.4 Å². The van der Waals surface area contributed by atoms with E-state index >= 15 is 0 Å². The number of hydrazone groups is 1. The lowest BCUT2D eigenvalue weighted by molar-refractivity contribution is -0.132. The summed E-state index contributed by atoms with van der Waals surface area (Å²) in [6, 6.07) is 12.5. The SMILES string of the molecule is CCC(=O)N1N=C(c2cccc(NS(C)(=O)=O)c2)C[C@H]1c1ccc2nccnc2c1. The number of rotatable bonds is 5. The second-order valence-electron chi connectivity index (χ2n) is 7.12. The maximum atomic E-state index is 12.6. The Morgan fingerprint density at radius 1 is 1.13 bits per heavy atom. The Hall–Kier alpha value is -3.33. The molecule has 0 radical (unpaired) electrons. The predicted molar refractivity (Wildman–Crippen MR) is 115 cm³/mol. The number of benzene rings is 2. The Labute approximate surface area is 174 Å². The molecule has 2 aromatic carbocycles. The molecular weight excluding hydrogens is 402 g/mol. The number of fused-ring (bicyclic) bond motifs is 1. The topological polar surface area (TPSA) is 105 Å². The van der Waals surface area contributed by atoms with Gasteiger partial charge in [-0.3, -0.25) is 19.5 Å². The molecule has 1 atom stereocenters. The van der Waals surface area contributed by atoms with Crippen molar-refractivity contribution in [2.24, 2.45) is 5.10 Å². The highest BCUT2D eigenvalue weighted by Gasteiger charge is 2.32. The van der Waals surface area contributed by atoms with Gasteiger partial charge in [0.1, 0.15) is 0 Å².